The highest BCUT2D eigenvalue weighted by molar-refractivity contribution is 5.49. The van der Waals surface area contributed by atoms with E-state index < -0.39 is 0 Å². The van der Waals surface area contributed by atoms with Crippen molar-refractivity contribution in [3.63, 3.8) is 0 Å². The first kappa shape index (κ1) is 12.8. The summed E-state index contributed by atoms with van der Waals surface area (Å²) in [6, 6.07) is 1.85. The van der Waals surface area contributed by atoms with Crippen LogP contribution in [0.4, 0.5) is 11.5 Å². The van der Waals surface area contributed by atoms with E-state index in [4.69, 9.17) is 0 Å². The zero-order valence-corrected chi connectivity index (χ0v) is 10.8. The van der Waals surface area contributed by atoms with Crippen LogP contribution in [-0.4, -0.2) is 48.0 Å². The van der Waals surface area contributed by atoms with Crippen molar-refractivity contribution in [2.45, 2.75) is 13.3 Å². The first-order valence-electron chi connectivity index (χ1n) is 6.18. The van der Waals surface area contributed by atoms with Gasteiger partial charge in [0.15, 0.2) is 0 Å². The predicted molar refractivity (Wildman–Crippen MR) is 70.0 cm³/mol. The highest BCUT2D eigenvalue weighted by Crippen LogP contribution is 2.23. The lowest BCUT2D eigenvalue weighted by molar-refractivity contribution is -0.385. The van der Waals surface area contributed by atoms with Gasteiger partial charge in [0.1, 0.15) is 12.0 Å². The Balaban J connectivity index is 2.22. The molecular formula is C12H18N4O2. The van der Waals surface area contributed by atoms with E-state index in [9.17, 15) is 10.1 Å². The first-order valence-corrected chi connectivity index (χ1v) is 6.18. The third-order valence-corrected chi connectivity index (χ3v) is 3.36. The number of aromatic nitrogens is 1. The fraction of sp³-hybridized carbons (Fsp3) is 0.583. The standard InChI is InChI=1S/C12H18N4O2/c1-3-10-8-12(13-9-11(10)16(17)18)15-6-4-14(2)5-7-15/h8-9H,3-7H2,1-2H3. The molecule has 2 rings (SSSR count). The van der Waals surface area contributed by atoms with Crippen LogP contribution in [-0.2, 0) is 6.42 Å². The molecule has 0 aromatic carbocycles. The number of hydrogen-bond acceptors (Lipinski definition) is 5. The van der Waals surface area contributed by atoms with Crippen LogP contribution >= 0.6 is 0 Å². The van der Waals surface area contributed by atoms with Crippen molar-refractivity contribution >= 4 is 11.5 Å². The maximum Gasteiger partial charge on any atom is 0.290 e. The van der Waals surface area contributed by atoms with Crippen LogP contribution in [0.15, 0.2) is 12.3 Å². The van der Waals surface area contributed by atoms with E-state index in [1.165, 1.54) is 6.20 Å². The Morgan fingerprint density at radius 3 is 2.61 bits per heavy atom. The minimum atomic E-state index is -0.362. The van der Waals surface area contributed by atoms with Crippen LogP contribution in [0.25, 0.3) is 0 Å². The maximum atomic E-state index is 10.9. The molecule has 1 aromatic heterocycles. The highest BCUT2D eigenvalue weighted by Gasteiger charge is 2.19. The van der Waals surface area contributed by atoms with Crippen LogP contribution in [0.5, 0.6) is 0 Å². The normalized spacial score (nSPS) is 16.9. The number of piperazine rings is 1. The topological polar surface area (TPSA) is 62.5 Å². The van der Waals surface area contributed by atoms with Crippen LogP contribution in [0, 0.1) is 10.1 Å². The Morgan fingerprint density at radius 1 is 1.39 bits per heavy atom. The highest BCUT2D eigenvalue weighted by atomic mass is 16.6. The Hall–Kier alpha value is -1.69. The number of nitro groups is 1. The Bertz CT molecular complexity index is 442. The number of aryl methyl sites for hydroxylation is 1. The monoisotopic (exact) mass is 250 g/mol. The third kappa shape index (κ3) is 2.59. The van der Waals surface area contributed by atoms with Crippen molar-refractivity contribution in [1.29, 1.82) is 0 Å². The fourth-order valence-corrected chi connectivity index (χ4v) is 2.13. The van der Waals surface area contributed by atoms with Crippen molar-refractivity contribution in [2.24, 2.45) is 0 Å². The van der Waals surface area contributed by atoms with E-state index in [1.54, 1.807) is 0 Å². The molecule has 1 aromatic rings. The number of nitrogens with zero attached hydrogens (tertiary/aromatic N) is 4. The number of hydrogen-bond donors (Lipinski definition) is 0. The molecule has 98 valence electrons. The molecule has 2 heterocycles. The predicted octanol–water partition coefficient (Wildman–Crippen LogP) is 1.30. The number of rotatable bonds is 3. The molecule has 6 nitrogen and oxygen atoms in total. The SMILES string of the molecule is CCc1cc(N2CCN(C)CC2)ncc1[N+](=O)[O-]. The van der Waals surface area contributed by atoms with E-state index in [-0.39, 0.29) is 10.6 Å². The second-order valence-electron chi connectivity index (χ2n) is 4.57. The average molecular weight is 250 g/mol. The van der Waals surface area contributed by atoms with Gasteiger partial charge in [-0.25, -0.2) is 4.98 Å². The number of pyridine rings is 1. The molecule has 0 aliphatic carbocycles. The summed E-state index contributed by atoms with van der Waals surface area (Å²) in [5.74, 6) is 0.852. The summed E-state index contributed by atoms with van der Waals surface area (Å²) in [4.78, 5) is 19.2. The van der Waals surface area contributed by atoms with Crippen LogP contribution in [0.3, 0.4) is 0 Å². The van der Waals surface area contributed by atoms with Gasteiger partial charge in [-0.1, -0.05) is 6.92 Å². The van der Waals surface area contributed by atoms with Crippen molar-refractivity contribution in [1.82, 2.24) is 9.88 Å². The molecule has 0 unspecified atom stereocenters. The molecule has 0 radical (unpaired) electrons. The molecule has 18 heavy (non-hydrogen) atoms. The van der Waals surface area contributed by atoms with Crippen LogP contribution < -0.4 is 4.90 Å². The summed E-state index contributed by atoms with van der Waals surface area (Å²) < 4.78 is 0. The fourth-order valence-electron chi connectivity index (χ4n) is 2.13. The summed E-state index contributed by atoms with van der Waals surface area (Å²) >= 11 is 0. The smallest absolute Gasteiger partial charge is 0.290 e. The van der Waals surface area contributed by atoms with Crippen LogP contribution in [0.2, 0.25) is 0 Å². The molecule has 0 spiro atoms. The van der Waals surface area contributed by atoms with Crippen molar-refractivity contribution < 1.29 is 4.92 Å². The summed E-state index contributed by atoms with van der Waals surface area (Å²) in [5, 5.41) is 10.9. The molecule has 1 aliphatic rings. The lowest BCUT2D eigenvalue weighted by Gasteiger charge is -2.33. The zero-order valence-electron chi connectivity index (χ0n) is 10.8. The van der Waals surface area contributed by atoms with Gasteiger partial charge in [0.05, 0.1) is 4.92 Å². The zero-order chi connectivity index (χ0) is 13.1. The van der Waals surface area contributed by atoms with E-state index in [2.05, 4.69) is 21.8 Å². The molecule has 0 N–H and O–H groups in total. The molecule has 0 bridgehead atoms. The molecule has 6 heteroatoms. The van der Waals surface area contributed by atoms with Crippen molar-refractivity contribution in [3.05, 3.63) is 27.9 Å². The van der Waals surface area contributed by atoms with Gasteiger partial charge in [-0.15, -0.1) is 0 Å². The van der Waals surface area contributed by atoms with Gasteiger partial charge in [0.25, 0.3) is 5.69 Å². The number of anilines is 1. The summed E-state index contributed by atoms with van der Waals surface area (Å²) in [6.07, 6.45) is 2.03. The minimum absolute atomic E-state index is 0.121. The van der Waals surface area contributed by atoms with Gasteiger partial charge in [0.2, 0.25) is 0 Å². The quantitative estimate of drug-likeness (QED) is 0.597. The van der Waals surface area contributed by atoms with E-state index >= 15 is 0 Å². The second kappa shape index (κ2) is 5.30. The summed E-state index contributed by atoms with van der Waals surface area (Å²) in [5.41, 5.74) is 0.874. The average Bonchev–Trinajstić information content (AvgIpc) is 2.38. The maximum absolute atomic E-state index is 10.9. The van der Waals surface area contributed by atoms with Crippen molar-refractivity contribution in [3.8, 4) is 0 Å². The van der Waals surface area contributed by atoms with Gasteiger partial charge in [-0.3, -0.25) is 10.1 Å². The molecule has 1 fully saturated rings. The van der Waals surface area contributed by atoms with E-state index in [0.29, 0.717) is 6.42 Å². The number of likely N-dealkylation sites (N-methyl/N-ethyl adjacent to an activating group) is 1. The molecule has 1 aliphatic heterocycles. The first-order chi connectivity index (χ1) is 8.61. The van der Waals surface area contributed by atoms with Gasteiger partial charge < -0.3 is 9.80 Å². The van der Waals surface area contributed by atoms with Gasteiger partial charge >= 0.3 is 0 Å². The molecular weight excluding hydrogens is 232 g/mol. The molecule has 1 saturated heterocycles. The molecule has 0 saturated carbocycles. The minimum Gasteiger partial charge on any atom is -0.354 e. The second-order valence-corrected chi connectivity index (χ2v) is 4.57. The van der Waals surface area contributed by atoms with Crippen LogP contribution in [0.1, 0.15) is 12.5 Å². The Labute approximate surface area is 106 Å². The lowest BCUT2D eigenvalue weighted by Crippen LogP contribution is -2.44. The van der Waals surface area contributed by atoms with Crippen molar-refractivity contribution in [2.75, 3.05) is 38.1 Å². The van der Waals surface area contributed by atoms with Gasteiger partial charge in [0, 0.05) is 31.7 Å². The van der Waals surface area contributed by atoms with Gasteiger partial charge in [-0.2, -0.15) is 0 Å². The van der Waals surface area contributed by atoms with E-state index in [1.807, 2.05) is 13.0 Å². The lowest BCUT2D eigenvalue weighted by atomic mass is 10.1. The molecule has 0 atom stereocenters. The Kier molecular flexibility index (Phi) is 3.76. The van der Waals surface area contributed by atoms with Gasteiger partial charge in [-0.05, 0) is 19.5 Å². The molecule has 0 amide bonds. The summed E-state index contributed by atoms with van der Waals surface area (Å²) in [6.45, 7) is 5.77. The summed E-state index contributed by atoms with van der Waals surface area (Å²) in [7, 11) is 2.10. The third-order valence-electron chi connectivity index (χ3n) is 3.36. The largest absolute Gasteiger partial charge is 0.354 e. The Morgan fingerprint density at radius 2 is 2.06 bits per heavy atom. The van der Waals surface area contributed by atoms with E-state index in [0.717, 1.165) is 37.6 Å².